The molecular weight excluding hydrogens is 376 g/mol. The molecule has 30 heavy (non-hydrogen) atoms. The third-order valence-electron chi connectivity index (χ3n) is 9.32. The van der Waals surface area contributed by atoms with Crippen molar-refractivity contribution in [2.75, 3.05) is 13.2 Å². The van der Waals surface area contributed by atoms with E-state index in [9.17, 15) is 4.79 Å². The van der Waals surface area contributed by atoms with Crippen LogP contribution in [0.2, 0.25) is 0 Å². The average molecular weight is 419 g/mol. The normalized spacial score (nSPS) is 42.5. The zero-order valence-electron chi connectivity index (χ0n) is 19.6. The van der Waals surface area contributed by atoms with Crippen LogP contribution in [0.25, 0.3) is 0 Å². The lowest BCUT2D eigenvalue weighted by Gasteiger charge is -2.58. The third-order valence-corrected chi connectivity index (χ3v) is 9.32. The molecule has 0 aromatic heterocycles. The summed E-state index contributed by atoms with van der Waals surface area (Å²) < 4.78 is 17.2. The quantitative estimate of drug-likeness (QED) is 0.274. The SMILES string of the molecule is CCCCOC(=O)O[C@H]1CC[C@H]2[C@@H]3CCC4=C[C@@H](OCC)CC[C@]4(C)[C@H]3CC[C@]12C. The van der Waals surface area contributed by atoms with Crippen molar-refractivity contribution in [2.24, 2.45) is 28.6 Å². The monoisotopic (exact) mass is 418 g/mol. The van der Waals surface area contributed by atoms with Crippen LogP contribution in [0, 0.1) is 28.6 Å². The van der Waals surface area contributed by atoms with Gasteiger partial charge in [-0.3, -0.25) is 0 Å². The largest absolute Gasteiger partial charge is 0.508 e. The number of hydrogen-bond donors (Lipinski definition) is 0. The highest BCUT2D eigenvalue weighted by atomic mass is 16.7. The molecule has 0 heterocycles. The number of hydrogen-bond acceptors (Lipinski definition) is 4. The Bertz CT molecular complexity index is 657. The fourth-order valence-electron chi connectivity index (χ4n) is 7.64. The first-order valence-electron chi connectivity index (χ1n) is 12.6. The minimum absolute atomic E-state index is 0.0241. The maximum Gasteiger partial charge on any atom is 0.508 e. The summed E-state index contributed by atoms with van der Waals surface area (Å²) in [7, 11) is 0. The van der Waals surface area contributed by atoms with E-state index in [4.69, 9.17) is 14.2 Å². The third kappa shape index (κ3) is 3.82. The van der Waals surface area contributed by atoms with Crippen LogP contribution in [0.4, 0.5) is 4.79 Å². The van der Waals surface area contributed by atoms with Gasteiger partial charge in [0.2, 0.25) is 0 Å². The molecular formula is C26H42O4. The van der Waals surface area contributed by atoms with Crippen molar-refractivity contribution in [1.82, 2.24) is 0 Å². The van der Waals surface area contributed by atoms with E-state index in [1.54, 1.807) is 5.57 Å². The summed E-state index contributed by atoms with van der Waals surface area (Å²) in [5.41, 5.74) is 2.13. The Labute approximate surface area is 183 Å². The van der Waals surface area contributed by atoms with Crippen LogP contribution < -0.4 is 0 Å². The molecule has 0 amide bonds. The van der Waals surface area contributed by atoms with Crippen molar-refractivity contribution in [2.45, 2.75) is 104 Å². The molecule has 0 aromatic carbocycles. The number of ether oxygens (including phenoxy) is 3. The first kappa shape index (κ1) is 22.2. The molecule has 3 saturated carbocycles. The maximum absolute atomic E-state index is 12.2. The van der Waals surface area contributed by atoms with E-state index < -0.39 is 6.16 Å². The lowest BCUT2D eigenvalue weighted by atomic mass is 9.47. The molecule has 4 nitrogen and oxygen atoms in total. The number of allylic oxidation sites excluding steroid dienone is 1. The zero-order valence-corrected chi connectivity index (χ0v) is 19.6. The molecule has 0 aromatic rings. The smallest absolute Gasteiger partial charge is 0.434 e. The second-order valence-electron chi connectivity index (χ2n) is 10.7. The van der Waals surface area contributed by atoms with Crippen LogP contribution in [0.15, 0.2) is 11.6 Å². The number of fused-ring (bicyclic) bond motifs is 5. The number of unbranched alkanes of at least 4 members (excludes halogenated alkanes) is 1. The van der Waals surface area contributed by atoms with Gasteiger partial charge in [0, 0.05) is 12.0 Å². The maximum atomic E-state index is 12.2. The number of carbonyl (C=O) groups excluding carboxylic acids is 1. The van der Waals surface area contributed by atoms with E-state index in [1.165, 1.54) is 38.5 Å². The van der Waals surface area contributed by atoms with Gasteiger partial charge in [-0.2, -0.15) is 0 Å². The van der Waals surface area contributed by atoms with E-state index >= 15 is 0 Å². The van der Waals surface area contributed by atoms with Gasteiger partial charge in [-0.25, -0.2) is 4.79 Å². The molecule has 0 bridgehead atoms. The van der Waals surface area contributed by atoms with Crippen molar-refractivity contribution in [1.29, 1.82) is 0 Å². The summed E-state index contributed by atoms with van der Waals surface area (Å²) in [5.74, 6) is 2.21. The Morgan fingerprint density at radius 2 is 1.90 bits per heavy atom. The van der Waals surface area contributed by atoms with Crippen LogP contribution in [-0.2, 0) is 14.2 Å². The first-order chi connectivity index (χ1) is 14.4. The summed E-state index contributed by atoms with van der Waals surface area (Å²) in [6.07, 6.45) is 13.9. The fraction of sp³-hybridized carbons (Fsp3) is 0.885. The Morgan fingerprint density at radius 1 is 1.07 bits per heavy atom. The summed E-state index contributed by atoms with van der Waals surface area (Å²) in [6.45, 7) is 10.4. The average Bonchev–Trinajstić information content (AvgIpc) is 3.05. The van der Waals surface area contributed by atoms with E-state index in [1.807, 2.05) is 0 Å². The standard InChI is InChI=1S/C26H42O4/c1-5-7-16-29-24(27)30-23-11-10-21-20-9-8-18-17-19(28-6-2)12-14-25(18,3)22(20)13-15-26(21,23)4/h17,19-23H,5-16H2,1-4H3/t19-,20-,21-,22-,23-,25-,26-/m0/s1. The minimum atomic E-state index is -0.451. The molecule has 3 fully saturated rings. The molecule has 0 saturated heterocycles. The van der Waals surface area contributed by atoms with Crippen molar-refractivity contribution in [3.05, 3.63) is 11.6 Å². The molecule has 0 radical (unpaired) electrons. The van der Waals surface area contributed by atoms with Crippen LogP contribution in [0.3, 0.4) is 0 Å². The van der Waals surface area contributed by atoms with Crippen LogP contribution >= 0.6 is 0 Å². The van der Waals surface area contributed by atoms with Gasteiger partial charge in [-0.1, -0.05) is 38.8 Å². The van der Waals surface area contributed by atoms with Crippen molar-refractivity contribution >= 4 is 6.16 Å². The molecule has 0 aliphatic heterocycles. The summed E-state index contributed by atoms with van der Waals surface area (Å²) >= 11 is 0. The molecule has 7 atom stereocenters. The highest BCUT2D eigenvalue weighted by Gasteiger charge is 2.60. The first-order valence-corrected chi connectivity index (χ1v) is 12.6. The lowest BCUT2D eigenvalue weighted by Crippen LogP contribution is -2.52. The van der Waals surface area contributed by atoms with Gasteiger partial charge in [0.05, 0.1) is 12.7 Å². The van der Waals surface area contributed by atoms with Gasteiger partial charge >= 0.3 is 6.16 Å². The number of rotatable bonds is 6. The second-order valence-corrected chi connectivity index (χ2v) is 10.7. The van der Waals surface area contributed by atoms with Crippen LogP contribution in [-0.4, -0.2) is 31.6 Å². The van der Waals surface area contributed by atoms with Gasteiger partial charge in [-0.05, 0) is 87.9 Å². The van der Waals surface area contributed by atoms with Crippen LogP contribution in [0.5, 0.6) is 0 Å². The summed E-state index contributed by atoms with van der Waals surface area (Å²) in [6, 6.07) is 0. The predicted octanol–water partition coefficient (Wildman–Crippen LogP) is 6.68. The number of carbonyl (C=O) groups is 1. The van der Waals surface area contributed by atoms with Crippen molar-refractivity contribution in [3.63, 3.8) is 0 Å². The molecule has 170 valence electrons. The van der Waals surface area contributed by atoms with Crippen molar-refractivity contribution in [3.8, 4) is 0 Å². The Kier molecular flexibility index (Phi) is 6.53. The molecule has 4 aliphatic rings. The zero-order chi connectivity index (χ0) is 21.4. The Morgan fingerprint density at radius 3 is 2.67 bits per heavy atom. The van der Waals surface area contributed by atoms with Gasteiger partial charge in [0.1, 0.15) is 6.10 Å². The highest BCUT2D eigenvalue weighted by Crippen LogP contribution is 2.65. The fourth-order valence-corrected chi connectivity index (χ4v) is 7.64. The summed E-state index contributed by atoms with van der Waals surface area (Å²) in [5, 5.41) is 0. The van der Waals surface area contributed by atoms with Gasteiger partial charge in [0.15, 0.2) is 0 Å². The van der Waals surface area contributed by atoms with E-state index in [0.29, 0.717) is 24.0 Å². The lowest BCUT2D eigenvalue weighted by molar-refractivity contribution is -0.0896. The Balaban J connectivity index is 1.45. The van der Waals surface area contributed by atoms with Gasteiger partial charge in [-0.15, -0.1) is 0 Å². The minimum Gasteiger partial charge on any atom is -0.434 e. The van der Waals surface area contributed by atoms with Gasteiger partial charge in [0.25, 0.3) is 0 Å². The molecule has 0 spiro atoms. The van der Waals surface area contributed by atoms with E-state index in [-0.39, 0.29) is 11.5 Å². The molecule has 0 N–H and O–H groups in total. The summed E-state index contributed by atoms with van der Waals surface area (Å²) in [4.78, 5) is 12.2. The van der Waals surface area contributed by atoms with Crippen LogP contribution in [0.1, 0.15) is 91.9 Å². The van der Waals surface area contributed by atoms with E-state index in [2.05, 4.69) is 33.8 Å². The topological polar surface area (TPSA) is 44.8 Å². The Hall–Kier alpha value is -1.03. The molecule has 4 rings (SSSR count). The second kappa shape index (κ2) is 8.84. The van der Waals surface area contributed by atoms with Crippen molar-refractivity contribution < 1.29 is 19.0 Å². The van der Waals surface area contributed by atoms with Gasteiger partial charge < -0.3 is 14.2 Å². The van der Waals surface area contributed by atoms with E-state index in [0.717, 1.165) is 44.1 Å². The molecule has 0 unspecified atom stereocenters. The predicted molar refractivity (Wildman–Crippen MR) is 118 cm³/mol. The molecule has 4 aliphatic carbocycles. The molecule has 4 heteroatoms. The highest BCUT2D eigenvalue weighted by molar-refractivity contribution is 5.60.